The Morgan fingerprint density at radius 2 is 1.74 bits per heavy atom. The molecule has 194 valence electrons. The van der Waals surface area contributed by atoms with Crippen LogP contribution in [-0.2, 0) is 5.54 Å². The van der Waals surface area contributed by atoms with Crippen molar-refractivity contribution in [3.8, 4) is 22.8 Å². The zero-order valence-corrected chi connectivity index (χ0v) is 21.6. The maximum atomic E-state index is 13.5. The lowest BCUT2D eigenvalue weighted by Crippen LogP contribution is -2.33. The van der Waals surface area contributed by atoms with E-state index in [1.54, 1.807) is 16.8 Å². The molecule has 4 aromatic rings. The number of nitrogens with two attached hydrogens (primary N) is 1. The average molecular weight is 512 g/mol. The molecule has 1 amide bonds. The first-order chi connectivity index (χ1) is 18.2. The van der Waals surface area contributed by atoms with Crippen LogP contribution in [0.2, 0.25) is 0 Å². The Labute approximate surface area is 221 Å². The molecular weight excluding hydrogens is 481 g/mol. The van der Waals surface area contributed by atoms with Gasteiger partial charge in [-0.15, -0.1) is 0 Å². The van der Waals surface area contributed by atoms with E-state index >= 15 is 0 Å². The Morgan fingerprint density at radius 3 is 2.39 bits per heavy atom. The Morgan fingerprint density at radius 1 is 1.05 bits per heavy atom. The molecule has 2 aliphatic rings. The summed E-state index contributed by atoms with van der Waals surface area (Å²) in [5.41, 5.74) is 10.4. The van der Waals surface area contributed by atoms with E-state index in [-0.39, 0.29) is 29.7 Å². The number of benzene rings is 2. The third-order valence-corrected chi connectivity index (χ3v) is 7.50. The number of piperidine rings is 1. The van der Waals surface area contributed by atoms with Gasteiger partial charge in [0.15, 0.2) is 0 Å². The molecule has 1 saturated carbocycles. The molecule has 8 heteroatoms. The quantitative estimate of drug-likeness (QED) is 0.405. The normalized spacial score (nSPS) is 20.3. The smallest absolute Gasteiger partial charge is 0.257 e. The standard InChI is InChI=1S/C30H30FN5O2/c1-18-23(17-36(34-18)22-7-5-4-6-8-22)29(37)35-15-24-25(16-35)28(24)38-27-14-20(30(2,3)32)13-26(33-27)19-9-11-21(31)12-10-19/h4-14,17,24-25,28H,15-16,32H2,1-3H3. The van der Waals surface area contributed by atoms with Gasteiger partial charge in [0, 0.05) is 48.3 Å². The van der Waals surface area contributed by atoms with Gasteiger partial charge in [0.05, 0.1) is 22.6 Å². The predicted molar refractivity (Wildman–Crippen MR) is 142 cm³/mol. The highest BCUT2D eigenvalue weighted by atomic mass is 19.1. The van der Waals surface area contributed by atoms with Crippen LogP contribution >= 0.6 is 0 Å². The van der Waals surface area contributed by atoms with Crippen molar-refractivity contribution in [2.24, 2.45) is 17.6 Å². The number of pyridine rings is 1. The van der Waals surface area contributed by atoms with Gasteiger partial charge < -0.3 is 15.4 Å². The number of amides is 1. The van der Waals surface area contributed by atoms with Gasteiger partial charge in [0.1, 0.15) is 11.9 Å². The number of likely N-dealkylation sites (tertiary alicyclic amines) is 1. The van der Waals surface area contributed by atoms with Gasteiger partial charge in [0.25, 0.3) is 5.91 Å². The van der Waals surface area contributed by atoms with Crippen molar-refractivity contribution in [3.63, 3.8) is 0 Å². The molecule has 2 unspecified atom stereocenters. The Balaban J connectivity index is 1.16. The molecule has 38 heavy (non-hydrogen) atoms. The van der Waals surface area contributed by atoms with E-state index in [0.29, 0.717) is 35.9 Å². The monoisotopic (exact) mass is 511 g/mol. The van der Waals surface area contributed by atoms with Gasteiger partial charge >= 0.3 is 0 Å². The summed E-state index contributed by atoms with van der Waals surface area (Å²) in [4.78, 5) is 19.9. The zero-order valence-electron chi connectivity index (χ0n) is 21.6. The second-order valence-electron chi connectivity index (χ2n) is 10.8. The average Bonchev–Trinajstić information content (AvgIpc) is 3.22. The van der Waals surface area contributed by atoms with Gasteiger partial charge in [-0.25, -0.2) is 14.1 Å². The van der Waals surface area contributed by atoms with Gasteiger partial charge in [-0.2, -0.15) is 5.10 Å². The van der Waals surface area contributed by atoms with Crippen LogP contribution in [0.1, 0.15) is 35.5 Å². The molecule has 6 rings (SSSR count). The zero-order chi connectivity index (χ0) is 26.6. The topological polar surface area (TPSA) is 86.3 Å². The Kier molecular flexibility index (Phi) is 5.79. The van der Waals surface area contributed by atoms with Crippen LogP contribution in [-0.4, -0.2) is 44.8 Å². The maximum Gasteiger partial charge on any atom is 0.257 e. The molecule has 1 saturated heterocycles. The van der Waals surface area contributed by atoms with E-state index in [4.69, 9.17) is 15.5 Å². The highest BCUT2D eigenvalue weighted by Gasteiger charge is 2.59. The number of aromatic nitrogens is 3. The lowest BCUT2D eigenvalue weighted by atomic mass is 9.95. The first-order valence-electron chi connectivity index (χ1n) is 12.8. The summed E-state index contributed by atoms with van der Waals surface area (Å²) in [5.74, 6) is 0.716. The van der Waals surface area contributed by atoms with Crippen LogP contribution in [0.15, 0.2) is 72.9 Å². The summed E-state index contributed by atoms with van der Waals surface area (Å²) >= 11 is 0. The summed E-state index contributed by atoms with van der Waals surface area (Å²) < 4.78 is 21.6. The first-order valence-corrected chi connectivity index (χ1v) is 12.8. The van der Waals surface area contributed by atoms with E-state index in [9.17, 15) is 9.18 Å². The molecule has 2 fully saturated rings. The summed E-state index contributed by atoms with van der Waals surface area (Å²) in [5, 5.41) is 4.55. The second kappa shape index (κ2) is 9.06. The number of hydrogen-bond donors (Lipinski definition) is 1. The van der Waals surface area contributed by atoms with Gasteiger partial charge in [0.2, 0.25) is 5.88 Å². The van der Waals surface area contributed by atoms with E-state index in [0.717, 1.165) is 16.8 Å². The molecule has 2 aromatic heterocycles. The van der Waals surface area contributed by atoms with Crippen LogP contribution in [0.4, 0.5) is 4.39 Å². The van der Waals surface area contributed by atoms with Crippen molar-refractivity contribution in [2.75, 3.05) is 13.1 Å². The SMILES string of the molecule is Cc1nn(-c2ccccc2)cc1C(=O)N1CC2C(C1)C2Oc1cc(C(C)(C)N)cc(-c2ccc(F)cc2)n1. The molecule has 0 bridgehead atoms. The second-order valence-corrected chi connectivity index (χ2v) is 10.8. The van der Waals surface area contributed by atoms with Crippen molar-refractivity contribution in [3.05, 3.63) is 95.6 Å². The molecule has 0 radical (unpaired) electrons. The first kappa shape index (κ1) is 24.3. The van der Waals surface area contributed by atoms with Crippen LogP contribution in [0.25, 0.3) is 16.9 Å². The summed E-state index contributed by atoms with van der Waals surface area (Å²) in [7, 11) is 0. The molecule has 7 nitrogen and oxygen atoms in total. The number of ether oxygens (including phenoxy) is 1. The van der Waals surface area contributed by atoms with E-state index in [1.807, 2.05) is 74.3 Å². The van der Waals surface area contributed by atoms with E-state index in [1.165, 1.54) is 12.1 Å². The number of para-hydroxylation sites is 1. The van der Waals surface area contributed by atoms with E-state index in [2.05, 4.69) is 5.10 Å². The molecule has 1 aliphatic heterocycles. The number of rotatable bonds is 6. The third kappa shape index (κ3) is 4.56. The van der Waals surface area contributed by atoms with Crippen LogP contribution in [0.3, 0.4) is 0 Å². The number of nitrogens with zero attached hydrogens (tertiary/aromatic N) is 4. The van der Waals surface area contributed by atoms with Gasteiger partial charge in [-0.05, 0) is 68.8 Å². The number of carbonyl (C=O) groups excluding carboxylic acids is 1. The van der Waals surface area contributed by atoms with Crippen molar-refractivity contribution in [1.29, 1.82) is 0 Å². The summed E-state index contributed by atoms with van der Waals surface area (Å²) in [6.45, 7) is 7.00. The minimum atomic E-state index is -0.597. The lowest BCUT2D eigenvalue weighted by Gasteiger charge is -2.22. The van der Waals surface area contributed by atoms with Gasteiger partial charge in [-0.3, -0.25) is 4.79 Å². The number of carbonyl (C=O) groups is 1. The molecular formula is C30H30FN5O2. The maximum absolute atomic E-state index is 13.5. The summed E-state index contributed by atoms with van der Waals surface area (Å²) in [6, 6.07) is 19.8. The lowest BCUT2D eigenvalue weighted by molar-refractivity contribution is 0.0751. The fourth-order valence-electron chi connectivity index (χ4n) is 5.21. The molecule has 3 heterocycles. The fourth-order valence-corrected chi connectivity index (χ4v) is 5.21. The van der Waals surface area contributed by atoms with Crippen LogP contribution in [0, 0.1) is 24.6 Å². The Bertz CT molecular complexity index is 1480. The molecule has 1 aliphatic carbocycles. The van der Waals surface area contributed by atoms with Crippen molar-refractivity contribution >= 4 is 5.91 Å². The summed E-state index contributed by atoms with van der Waals surface area (Å²) in [6.07, 6.45) is 1.81. The van der Waals surface area contributed by atoms with Crippen molar-refractivity contribution in [2.45, 2.75) is 32.4 Å². The largest absolute Gasteiger partial charge is 0.474 e. The number of hydrogen-bond acceptors (Lipinski definition) is 5. The van der Waals surface area contributed by atoms with Crippen molar-refractivity contribution < 1.29 is 13.9 Å². The van der Waals surface area contributed by atoms with Crippen LogP contribution < -0.4 is 10.5 Å². The van der Waals surface area contributed by atoms with Gasteiger partial charge in [-0.1, -0.05) is 18.2 Å². The predicted octanol–water partition coefficient (Wildman–Crippen LogP) is 4.73. The van der Waals surface area contributed by atoms with Crippen molar-refractivity contribution in [1.82, 2.24) is 19.7 Å². The molecule has 2 aromatic carbocycles. The fraction of sp³-hybridized carbons (Fsp3) is 0.300. The molecule has 2 N–H and O–H groups in total. The number of aryl methyl sites for hydroxylation is 1. The molecule has 0 spiro atoms. The number of halogens is 1. The minimum Gasteiger partial charge on any atom is -0.474 e. The highest BCUT2D eigenvalue weighted by Crippen LogP contribution is 2.48. The highest BCUT2D eigenvalue weighted by molar-refractivity contribution is 5.95. The Hall–Kier alpha value is -4.04. The van der Waals surface area contributed by atoms with Crippen LogP contribution in [0.5, 0.6) is 5.88 Å². The van der Waals surface area contributed by atoms with E-state index < -0.39 is 5.54 Å². The minimum absolute atomic E-state index is 0.000712. The number of fused-ring (bicyclic) bond motifs is 1. The molecule has 2 atom stereocenters. The third-order valence-electron chi connectivity index (χ3n) is 7.50.